The standard InChI is InChI=1S/C21H22N2O2/c1-25-15-10-11-18-17(13-15)16-8-5-9-19(21(16)23-18)22-20(24)12-14-6-3-2-4-7-14/h2-4,6-7,10-11,13,19,23H,5,8-9,12H2,1H3,(H,22,24)/t19-/m1/s1. The Hall–Kier alpha value is -2.75. The Balaban J connectivity index is 1.58. The minimum atomic E-state index is 0.0540. The largest absolute Gasteiger partial charge is 0.497 e. The molecule has 0 aliphatic heterocycles. The van der Waals surface area contributed by atoms with Crippen molar-refractivity contribution >= 4 is 16.8 Å². The van der Waals surface area contributed by atoms with Crippen molar-refractivity contribution in [2.24, 2.45) is 0 Å². The Morgan fingerprint density at radius 3 is 2.88 bits per heavy atom. The Morgan fingerprint density at radius 2 is 2.08 bits per heavy atom. The molecule has 1 heterocycles. The first-order valence-electron chi connectivity index (χ1n) is 8.76. The molecule has 1 aromatic heterocycles. The van der Waals surface area contributed by atoms with Gasteiger partial charge in [0.15, 0.2) is 0 Å². The zero-order valence-electron chi connectivity index (χ0n) is 14.3. The molecule has 2 aromatic carbocycles. The lowest BCUT2D eigenvalue weighted by molar-refractivity contribution is -0.121. The predicted octanol–water partition coefficient (Wildman–Crippen LogP) is 3.91. The van der Waals surface area contributed by atoms with E-state index in [1.165, 1.54) is 10.9 Å². The summed E-state index contributed by atoms with van der Waals surface area (Å²) >= 11 is 0. The summed E-state index contributed by atoms with van der Waals surface area (Å²) in [5, 5.41) is 4.42. The number of aromatic amines is 1. The molecule has 2 N–H and O–H groups in total. The quantitative estimate of drug-likeness (QED) is 0.760. The van der Waals surface area contributed by atoms with Gasteiger partial charge in [0.2, 0.25) is 5.91 Å². The number of ether oxygens (including phenoxy) is 1. The fourth-order valence-corrected chi connectivity index (χ4v) is 3.74. The highest BCUT2D eigenvalue weighted by atomic mass is 16.5. The first kappa shape index (κ1) is 15.8. The van der Waals surface area contributed by atoms with E-state index < -0.39 is 0 Å². The van der Waals surface area contributed by atoms with Gasteiger partial charge in [-0.05, 0) is 48.6 Å². The second-order valence-electron chi connectivity index (χ2n) is 6.60. The highest BCUT2D eigenvalue weighted by Crippen LogP contribution is 2.36. The van der Waals surface area contributed by atoms with Crippen molar-refractivity contribution in [3.63, 3.8) is 0 Å². The molecule has 0 saturated heterocycles. The van der Waals surface area contributed by atoms with Crippen LogP contribution in [0, 0.1) is 0 Å². The van der Waals surface area contributed by atoms with Crippen LogP contribution < -0.4 is 10.1 Å². The van der Waals surface area contributed by atoms with E-state index in [-0.39, 0.29) is 11.9 Å². The summed E-state index contributed by atoms with van der Waals surface area (Å²) in [5.74, 6) is 0.935. The van der Waals surface area contributed by atoms with Crippen LogP contribution in [0.15, 0.2) is 48.5 Å². The molecule has 4 heteroatoms. The molecular formula is C21H22N2O2. The first-order chi connectivity index (χ1) is 12.2. The summed E-state index contributed by atoms with van der Waals surface area (Å²) < 4.78 is 5.36. The monoisotopic (exact) mass is 334 g/mol. The van der Waals surface area contributed by atoms with E-state index in [0.29, 0.717) is 6.42 Å². The van der Waals surface area contributed by atoms with Crippen LogP contribution in [-0.4, -0.2) is 18.0 Å². The average molecular weight is 334 g/mol. The molecule has 1 atom stereocenters. The molecule has 1 amide bonds. The van der Waals surface area contributed by atoms with Gasteiger partial charge in [0.25, 0.3) is 0 Å². The van der Waals surface area contributed by atoms with Crippen molar-refractivity contribution in [1.82, 2.24) is 10.3 Å². The lowest BCUT2D eigenvalue weighted by atomic mass is 9.91. The molecule has 1 aliphatic rings. The Kier molecular flexibility index (Phi) is 4.18. The van der Waals surface area contributed by atoms with Crippen LogP contribution in [0.1, 0.15) is 35.7 Å². The Bertz CT molecular complexity index is 899. The third-order valence-corrected chi connectivity index (χ3v) is 4.96. The maximum absolute atomic E-state index is 12.5. The molecule has 0 unspecified atom stereocenters. The molecule has 0 spiro atoms. The number of fused-ring (bicyclic) bond motifs is 3. The molecule has 0 bridgehead atoms. The number of benzene rings is 2. The summed E-state index contributed by atoms with van der Waals surface area (Å²) in [4.78, 5) is 16.0. The lowest BCUT2D eigenvalue weighted by Crippen LogP contribution is -2.32. The minimum Gasteiger partial charge on any atom is -0.497 e. The lowest BCUT2D eigenvalue weighted by Gasteiger charge is -2.24. The van der Waals surface area contributed by atoms with Crippen LogP contribution in [0.5, 0.6) is 5.75 Å². The molecule has 3 aromatic rings. The number of carbonyl (C=O) groups excluding carboxylic acids is 1. The summed E-state index contributed by atoms with van der Waals surface area (Å²) in [5.41, 5.74) is 4.61. The second kappa shape index (κ2) is 6.63. The van der Waals surface area contributed by atoms with Gasteiger partial charge >= 0.3 is 0 Å². The molecule has 0 saturated carbocycles. The van der Waals surface area contributed by atoms with Gasteiger partial charge < -0.3 is 15.0 Å². The van der Waals surface area contributed by atoms with Gasteiger partial charge in [0.05, 0.1) is 19.6 Å². The summed E-state index contributed by atoms with van der Waals surface area (Å²) in [6.07, 6.45) is 3.50. The molecule has 1 aliphatic carbocycles. The molecule has 128 valence electrons. The highest BCUT2D eigenvalue weighted by molar-refractivity contribution is 5.87. The van der Waals surface area contributed by atoms with Crippen molar-refractivity contribution in [2.75, 3.05) is 7.11 Å². The number of hydrogen-bond donors (Lipinski definition) is 2. The Labute approximate surface area is 147 Å². The van der Waals surface area contributed by atoms with Crippen LogP contribution in [0.2, 0.25) is 0 Å². The van der Waals surface area contributed by atoms with Crippen LogP contribution in [0.3, 0.4) is 0 Å². The normalized spacial score (nSPS) is 16.4. The SMILES string of the molecule is COc1ccc2[nH]c3c(c2c1)CCC[C@H]3NC(=O)Cc1ccccc1. The number of methoxy groups -OCH3 is 1. The maximum Gasteiger partial charge on any atom is 0.224 e. The Morgan fingerprint density at radius 1 is 1.24 bits per heavy atom. The van der Waals surface area contributed by atoms with E-state index in [0.717, 1.165) is 41.8 Å². The number of carbonyl (C=O) groups is 1. The summed E-state index contributed by atoms with van der Waals surface area (Å²) in [6, 6.07) is 16.0. The number of amides is 1. The zero-order chi connectivity index (χ0) is 17.2. The van der Waals surface area contributed by atoms with Crippen molar-refractivity contribution in [3.8, 4) is 5.75 Å². The van der Waals surface area contributed by atoms with Crippen molar-refractivity contribution < 1.29 is 9.53 Å². The van der Waals surface area contributed by atoms with Crippen molar-refractivity contribution in [3.05, 3.63) is 65.4 Å². The van der Waals surface area contributed by atoms with Crippen LogP contribution >= 0.6 is 0 Å². The molecule has 4 nitrogen and oxygen atoms in total. The van der Waals surface area contributed by atoms with Crippen LogP contribution in [0.4, 0.5) is 0 Å². The summed E-state index contributed by atoms with van der Waals surface area (Å²) in [7, 11) is 1.69. The smallest absolute Gasteiger partial charge is 0.224 e. The topological polar surface area (TPSA) is 54.1 Å². The van der Waals surface area contributed by atoms with Crippen LogP contribution in [-0.2, 0) is 17.6 Å². The number of H-pyrrole nitrogens is 1. The van der Waals surface area contributed by atoms with E-state index in [1.807, 2.05) is 36.4 Å². The minimum absolute atomic E-state index is 0.0540. The molecular weight excluding hydrogens is 312 g/mol. The van der Waals surface area contributed by atoms with Crippen molar-refractivity contribution in [2.45, 2.75) is 31.7 Å². The molecule has 0 radical (unpaired) electrons. The van der Waals surface area contributed by atoms with Gasteiger partial charge in [-0.3, -0.25) is 4.79 Å². The first-order valence-corrected chi connectivity index (χ1v) is 8.76. The average Bonchev–Trinajstić information content (AvgIpc) is 3.01. The van der Waals surface area contributed by atoms with Crippen molar-refractivity contribution in [1.29, 1.82) is 0 Å². The van der Waals surface area contributed by atoms with Crippen LogP contribution in [0.25, 0.3) is 10.9 Å². The number of aryl methyl sites for hydroxylation is 1. The van der Waals surface area contributed by atoms with Gasteiger partial charge in [-0.1, -0.05) is 30.3 Å². The number of nitrogens with one attached hydrogen (secondary N) is 2. The predicted molar refractivity (Wildman–Crippen MR) is 98.8 cm³/mol. The zero-order valence-corrected chi connectivity index (χ0v) is 14.3. The number of hydrogen-bond acceptors (Lipinski definition) is 2. The molecule has 0 fully saturated rings. The fourth-order valence-electron chi connectivity index (χ4n) is 3.74. The van der Waals surface area contributed by atoms with E-state index in [1.54, 1.807) is 7.11 Å². The van der Waals surface area contributed by atoms with E-state index in [4.69, 9.17) is 4.74 Å². The van der Waals surface area contributed by atoms with Gasteiger partial charge in [-0.25, -0.2) is 0 Å². The van der Waals surface area contributed by atoms with Gasteiger partial charge in [0.1, 0.15) is 5.75 Å². The van der Waals surface area contributed by atoms with Gasteiger partial charge in [-0.15, -0.1) is 0 Å². The van der Waals surface area contributed by atoms with E-state index in [2.05, 4.69) is 22.4 Å². The van der Waals surface area contributed by atoms with E-state index >= 15 is 0 Å². The van der Waals surface area contributed by atoms with Gasteiger partial charge in [0, 0.05) is 16.6 Å². The fraction of sp³-hybridized carbons (Fsp3) is 0.286. The highest BCUT2D eigenvalue weighted by Gasteiger charge is 2.25. The molecule has 25 heavy (non-hydrogen) atoms. The third-order valence-electron chi connectivity index (χ3n) is 4.96. The number of rotatable bonds is 4. The van der Waals surface area contributed by atoms with Gasteiger partial charge in [-0.2, -0.15) is 0 Å². The second-order valence-corrected chi connectivity index (χ2v) is 6.60. The molecule has 4 rings (SSSR count). The maximum atomic E-state index is 12.5. The summed E-state index contributed by atoms with van der Waals surface area (Å²) in [6.45, 7) is 0. The third kappa shape index (κ3) is 3.12. The number of aromatic nitrogens is 1. The van der Waals surface area contributed by atoms with E-state index in [9.17, 15) is 4.79 Å².